The van der Waals surface area contributed by atoms with E-state index in [9.17, 15) is 4.79 Å². The quantitative estimate of drug-likeness (QED) is 0.767. The first-order valence-corrected chi connectivity index (χ1v) is 5.42. The maximum atomic E-state index is 11.6. The van der Waals surface area contributed by atoms with E-state index in [4.69, 9.17) is 4.52 Å². The summed E-state index contributed by atoms with van der Waals surface area (Å²) in [5.74, 6) is 1.24. The van der Waals surface area contributed by atoms with Gasteiger partial charge < -0.3 is 14.7 Å². The molecule has 1 aliphatic carbocycles. The molecule has 0 spiro atoms. The van der Waals surface area contributed by atoms with Crippen LogP contribution in [0, 0.1) is 6.92 Å². The van der Waals surface area contributed by atoms with Crippen molar-refractivity contribution in [2.75, 3.05) is 13.6 Å². The Hall–Kier alpha value is -1.43. The van der Waals surface area contributed by atoms with Crippen LogP contribution in [0.25, 0.3) is 0 Å². The maximum absolute atomic E-state index is 11.6. The number of aryl methyl sites for hydroxylation is 1. The lowest BCUT2D eigenvalue weighted by Crippen LogP contribution is -2.36. The Morgan fingerprint density at radius 2 is 2.38 bits per heavy atom. The Balaban J connectivity index is 1.69. The molecule has 0 bridgehead atoms. The number of nitrogens with one attached hydrogen (secondary N) is 1. The molecule has 1 heterocycles. The number of carbonyl (C=O) groups excluding carboxylic acids is 1. The van der Waals surface area contributed by atoms with E-state index in [1.165, 1.54) is 0 Å². The monoisotopic (exact) mass is 224 g/mol. The number of aromatic nitrogens is 2. The highest BCUT2D eigenvalue weighted by molar-refractivity contribution is 5.78. The second kappa shape index (κ2) is 4.61. The van der Waals surface area contributed by atoms with Gasteiger partial charge in [0.2, 0.25) is 11.8 Å². The standard InChI is InChI=1S/C10H16N4O2/c1-7-12-9(13-16-7)5-11-6-10(15)14(2)8-3-4-8/h8,11H,3-6H2,1-2H3. The van der Waals surface area contributed by atoms with Crippen LogP contribution >= 0.6 is 0 Å². The lowest BCUT2D eigenvalue weighted by atomic mass is 10.4. The third-order valence-corrected chi connectivity index (χ3v) is 2.62. The maximum Gasteiger partial charge on any atom is 0.236 e. The van der Waals surface area contributed by atoms with E-state index in [1.54, 1.807) is 11.8 Å². The Kier molecular flexibility index (Phi) is 3.19. The van der Waals surface area contributed by atoms with Gasteiger partial charge in [-0.15, -0.1) is 0 Å². The second-order valence-corrected chi connectivity index (χ2v) is 4.07. The summed E-state index contributed by atoms with van der Waals surface area (Å²) in [6, 6.07) is 0.460. The largest absolute Gasteiger partial charge is 0.342 e. The van der Waals surface area contributed by atoms with Crippen LogP contribution in [0.5, 0.6) is 0 Å². The van der Waals surface area contributed by atoms with Crippen LogP contribution in [0.2, 0.25) is 0 Å². The van der Waals surface area contributed by atoms with E-state index < -0.39 is 0 Å². The Morgan fingerprint density at radius 1 is 1.62 bits per heavy atom. The van der Waals surface area contributed by atoms with Crippen molar-refractivity contribution in [3.8, 4) is 0 Å². The van der Waals surface area contributed by atoms with Gasteiger partial charge in [0.15, 0.2) is 5.82 Å². The summed E-state index contributed by atoms with van der Waals surface area (Å²) in [6.07, 6.45) is 2.26. The smallest absolute Gasteiger partial charge is 0.236 e. The number of hydrogen-bond donors (Lipinski definition) is 1. The fourth-order valence-electron chi connectivity index (χ4n) is 1.48. The molecule has 0 saturated heterocycles. The van der Waals surface area contributed by atoms with Gasteiger partial charge >= 0.3 is 0 Å². The van der Waals surface area contributed by atoms with E-state index in [0.29, 0.717) is 30.8 Å². The van der Waals surface area contributed by atoms with Crippen molar-refractivity contribution >= 4 is 5.91 Å². The molecule has 0 atom stereocenters. The third-order valence-electron chi connectivity index (χ3n) is 2.62. The number of carbonyl (C=O) groups is 1. The van der Waals surface area contributed by atoms with Crippen LogP contribution < -0.4 is 5.32 Å². The SMILES string of the molecule is Cc1nc(CNCC(=O)N(C)C2CC2)no1. The zero-order chi connectivity index (χ0) is 11.5. The fourth-order valence-corrected chi connectivity index (χ4v) is 1.48. The fraction of sp³-hybridized carbons (Fsp3) is 0.700. The molecule has 2 rings (SSSR count). The zero-order valence-corrected chi connectivity index (χ0v) is 9.56. The van der Waals surface area contributed by atoms with E-state index in [0.717, 1.165) is 12.8 Å². The Labute approximate surface area is 94.0 Å². The Bertz CT molecular complexity index is 373. The number of amides is 1. The summed E-state index contributed by atoms with van der Waals surface area (Å²) < 4.78 is 4.82. The predicted octanol–water partition coefficient (Wildman–Crippen LogP) is 0.0884. The number of likely N-dealkylation sites (N-methyl/N-ethyl adjacent to an activating group) is 1. The zero-order valence-electron chi connectivity index (χ0n) is 9.56. The highest BCUT2D eigenvalue weighted by Crippen LogP contribution is 2.24. The van der Waals surface area contributed by atoms with Crippen LogP contribution in [-0.4, -0.2) is 40.6 Å². The minimum Gasteiger partial charge on any atom is -0.342 e. The van der Waals surface area contributed by atoms with Gasteiger partial charge in [0.05, 0.1) is 13.1 Å². The van der Waals surface area contributed by atoms with Gasteiger partial charge in [-0.2, -0.15) is 4.98 Å². The summed E-state index contributed by atoms with van der Waals surface area (Å²) in [6.45, 7) is 2.52. The molecule has 1 fully saturated rings. The summed E-state index contributed by atoms with van der Waals surface area (Å²) in [4.78, 5) is 17.5. The van der Waals surface area contributed by atoms with E-state index in [2.05, 4.69) is 15.5 Å². The van der Waals surface area contributed by atoms with E-state index in [-0.39, 0.29) is 5.91 Å². The molecule has 1 aromatic heterocycles. The minimum absolute atomic E-state index is 0.114. The lowest BCUT2D eigenvalue weighted by Gasteiger charge is -2.15. The predicted molar refractivity (Wildman–Crippen MR) is 56.5 cm³/mol. The third kappa shape index (κ3) is 2.79. The summed E-state index contributed by atoms with van der Waals surface area (Å²) in [5.41, 5.74) is 0. The van der Waals surface area contributed by atoms with Crippen LogP contribution in [0.1, 0.15) is 24.6 Å². The summed E-state index contributed by atoms with van der Waals surface area (Å²) >= 11 is 0. The molecular formula is C10H16N4O2. The first-order chi connectivity index (χ1) is 7.66. The number of hydrogen-bond acceptors (Lipinski definition) is 5. The normalized spacial score (nSPS) is 15.1. The molecule has 88 valence electrons. The molecule has 0 aromatic carbocycles. The molecule has 0 unspecified atom stereocenters. The van der Waals surface area contributed by atoms with Crippen molar-refractivity contribution in [1.29, 1.82) is 0 Å². The summed E-state index contributed by atoms with van der Waals surface area (Å²) in [5, 5.41) is 6.73. The highest BCUT2D eigenvalue weighted by atomic mass is 16.5. The first-order valence-electron chi connectivity index (χ1n) is 5.42. The van der Waals surface area contributed by atoms with Crippen LogP contribution in [0.15, 0.2) is 4.52 Å². The van der Waals surface area contributed by atoms with Crippen molar-refractivity contribution in [3.05, 3.63) is 11.7 Å². The topological polar surface area (TPSA) is 71.3 Å². The minimum atomic E-state index is 0.114. The molecule has 0 radical (unpaired) electrons. The van der Waals surface area contributed by atoms with E-state index in [1.807, 2.05) is 7.05 Å². The van der Waals surface area contributed by atoms with Crippen molar-refractivity contribution < 1.29 is 9.32 Å². The van der Waals surface area contributed by atoms with Gasteiger partial charge in [-0.05, 0) is 12.8 Å². The van der Waals surface area contributed by atoms with Gasteiger partial charge in [-0.25, -0.2) is 0 Å². The number of nitrogens with zero attached hydrogens (tertiary/aromatic N) is 3. The van der Waals surface area contributed by atoms with Gasteiger partial charge in [0.25, 0.3) is 0 Å². The lowest BCUT2D eigenvalue weighted by molar-refractivity contribution is -0.129. The molecule has 0 aliphatic heterocycles. The molecule has 1 amide bonds. The average molecular weight is 224 g/mol. The van der Waals surface area contributed by atoms with E-state index >= 15 is 0 Å². The van der Waals surface area contributed by atoms with Crippen molar-refractivity contribution in [3.63, 3.8) is 0 Å². The molecule has 6 heteroatoms. The average Bonchev–Trinajstić information content (AvgIpc) is 3.02. The molecular weight excluding hydrogens is 208 g/mol. The first kappa shape index (κ1) is 11.1. The highest BCUT2D eigenvalue weighted by Gasteiger charge is 2.29. The van der Waals surface area contributed by atoms with Gasteiger partial charge in [0, 0.05) is 20.0 Å². The molecule has 1 aromatic rings. The van der Waals surface area contributed by atoms with Gasteiger partial charge in [-0.3, -0.25) is 4.79 Å². The molecule has 16 heavy (non-hydrogen) atoms. The number of rotatable bonds is 5. The Morgan fingerprint density at radius 3 is 2.94 bits per heavy atom. The van der Waals surface area contributed by atoms with Gasteiger partial charge in [0.1, 0.15) is 0 Å². The van der Waals surface area contributed by atoms with Crippen LogP contribution in [-0.2, 0) is 11.3 Å². The van der Waals surface area contributed by atoms with Crippen LogP contribution in [0.3, 0.4) is 0 Å². The molecule has 6 nitrogen and oxygen atoms in total. The molecule has 1 aliphatic rings. The van der Waals surface area contributed by atoms with Crippen molar-refractivity contribution in [2.24, 2.45) is 0 Å². The summed E-state index contributed by atoms with van der Waals surface area (Å²) in [7, 11) is 1.85. The van der Waals surface area contributed by atoms with Crippen molar-refractivity contribution in [2.45, 2.75) is 32.4 Å². The molecule has 1 N–H and O–H groups in total. The molecule has 1 saturated carbocycles. The van der Waals surface area contributed by atoms with Crippen molar-refractivity contribution in [1.82, 2.24) is 20.4 Å². The second-order valence-electron chi connectivity index (χ2n) is 4.07. The van der Waals surface area contributed by atoms with Gasteiger partial charge in [-0.1, -0.05) is 5.16 Å². The van der Waals surface area contributed by atoms with Crippen LogP contribution in [0.4, 0.5) is 0 Å².